The van der Waals surface area contributed by atoms with E-state index < -0.39 is 0 Å². The van der Waals surface area contributed by atoms with Gasteiger partial charge in [0.1, 0.15) is 18.0 Å². The second kappa shape index (κ2) is 4.05. The Balaban J connectivity index is 2.19. The highest BCUT2D eigenvalue weighted by Crippen LogP contribution is 2.50. The van der Waals surface area contributed by atoms with Crippen molar-refractivity contribution in [1.29, 1.82) is 0 Å². The number of aromatic hydroxyl groups is 1. The van der Waals surface area contributed by atoms with E-state index in [2.05, 4.69) is 0 Å². The Kier molecular flexibility index (Phi) is 2.63. The lowest BCUT2D eigenvalue weighted by Gasteiger charge is -2.14. The molecule has 2 aliphatic rings. The molecule has 98 valence electrons. The van der Waals surface area contributed by atoms with Gasteiger partial charge in [-0.15, -0.1) is 0 Å². The normalized spacial score (nSPS) is 24.4. The smallest absolute Gasteiger partial charge is 0.165 e. The molecule has 0 radical (unpaired) electrons. The van der Waals surface area contributed by atoms with Gasteiger partial charge in [0.2, 0.25) is 0 Å². The van der Waals surface area contributed by atoms with Crippen molar-refractivity contribution in [2.75, 3.05) is 6.54 Å². The number of rotatable bonds is 2. The topological polar surface area (TPSA) is 64.7 Å². The Hall–Kier alpha value is -1.42. The van der Waals surface area contributed by atoms with Crippen molar-refractivity contribution in [3.05, 3.63) is 16.7 Å². The summed E-state index contributed by atoms with van der Waals surface area (Å²) in [5, 5.41) is 10.3. The predicted molar refractivity (Wildman–Crippen MR) is 68.5 cm³/mol. The van der Waals surface area contributed by atoms with E-state index in [0.717, 1.165) is 41.7 Å². The van der Waals surface area contributed by atoms with Gasteiger partial charge in [-0.05, 0) is 26.8 Å². The van der Waals surface area contributed by atoms with Crippen molar-refractivity contribution < 1.29 is 14.6 Å². The van der Waals surface area contributed by atoms with Crippen LogP contribution in [0.4, 0.5) is 0 Å². The number of nitrogens with two attached hydrogens (primary N) is 1. The van der Waals surface area contributed by atoms with Crippen molar-refractivity contribution in [3.8, 4) is 17.2 Å². The van der Waals surface area contributed by atoms with Crippen molar-refractivity contribution in [1.82, 2.24) is 0 Å². The lowest BCUT2D eigenvalue weighted by atomic mass is 9.95. The summed E-state index contributed by atoms with van der Waals surface area (Å²) in [4.78, 5) is 0. The molecule has 0 amide bonds. The highest BCUT2D eigenvalue weighted by Gasteiger charge is 2.35. The largest absolute Gasteiger partial charge is 0.504 e. The van der Waals surface area contributed by atoms with E-state index in [-0.39, 0.29) is 18.0 Å². The van der Waals surface area contributed by atoms with E-state index in [1.165, 1.54) is 0 Å². The van der Waals surface area contributed by atoms with Crippen LogP contribution in [0.3, 0.4) is 0 Å². The molecule has 0 saturated heterocycles. The van der Waals surface area contributed by atoms with Gasteiger partial charge in [0, 0.05) is 29.5 Å². The molecule has 0 aromatic heterocycles. The van der Waals surface area contributed by atoms with Crippen molar-refractivity contribution in [2.24, 2.45) is 5.73 Å². The van der Waals surface area contributed by atoms with Crippen LogP contribution in [0.25, 0.3) is 0 Å². The van der Waals surface area contributed by atoms with Gasteiger partial charge in [0.05, 0.1) is 0 Å². The fourth-order valence-corrected chi connectivity index (χ4v) is 2.99. The van der Waals surface area contributed by atoms with E-state index in [4.69, 9.17) is 15.2 Å². The van der Waals surface area contributed by atoms with Crippen molar-refractivity contribution in [3.63, 3.8) is 0 Å². The molecule has 3 N–H and O–H groups in total. The second-order valence-corrected chi connectivity index (χ2v) is 5.25. The minimum atomic E-state index is 0.113. The molecule has 0 bridgehead atoms. The van der Waals surface area contributed by atoms with E-state index in [0.29, 0.717) is 12.3 Å². The van der Waals surface area contributed by atoms with Crippen LogP contribution in [0.5, 0.6) is 17.2 Å². The van der Waals surface area contributed by atoms with E-state index in [9.17, 15) is 5.11 Å². The second-order valence-electron chi connectivity index (χ2n) is 5.25. The zero-order valence-electron chi connectivity index (χ0n) is 10.8. The third kappa shape index (κ3) is 1.56. The Labute approximate surface area is 107 Å². The maximum atomic E-state index is 10.3. The van der Waals surface area contributed by atoms with Gasteiger partial charge in [0.25, 0.3) is 0 Å². The fraction of sp³-hybridized carbons (Fsp3) is 0.571. The van der Waals surface area contributed by atoms with Gasteiger partial charge in [0.15, 0.2) is 11.5 Å². The molecule has 2 atom stereocenters. The molecule has 0 saturated carbocycles. The zero-order chi connectivity index (χ0) is 12.9. The number of benzene rings is 1. The molecule has 0 spiro atoms. The first kappa shape index (κ1) is 11.7. The lowest BCUT2D eigenvalue weighted by Crippen LogP contribution is -2.10. The predicted octanol–water partition coefficient (Wildman–Crippen LogP) is 1.54. The monoisotopic (exact) mass is 249 g/mol. The summed E-state index contributed by atoms with van der Waals surface area (Å²) in [6.07, 6.45) is 2.56. The van der Waals surface area contributed by atoms with Crippen LogP contribution in [0.1, 0.15) is 30.5 Å². The molecule has 2 heterocycles. The van der Waals surface area contributed by atoms with Crippen LogP contribution in [-0.2, 0) is 19.3 Å². The molecule has 4 nitrogen and oxygen atoms in total. The first-order chi connectivity index (χ1) is 8.61. The number of ether oxygens (including phenoxy) is 2. The summed E-state index contributed by atoms with van der Waals surface area (Å²) in [7, 11) is 0. The van der Waals surface area contributed by atoms with E-state index in [1.54, 1.807) is 0 Å². The molecular weight excluding hydrogens is 230 g/mol. The molecule has 3 rings (SSSR count). The third-order valence-electron chi connectivity index (χ3n) is 3.70. The van der Waals surface area contributed by atoms with Crippen molar-refractivity contribution >= 4 is 0 Å². The highest BCUT2D eigenvalue weighted by atomic mass is 16.5. The number of fused-ring (bicyclic) bond motifs is 2. The molecule has 0 aliphatic carbocycles. The fourth-order valence-electron chi connectivity index (χ4n) is 2.99. The minimum Gasteiger partial charge on any atom is -0.504 e. The SMILES string of the molecule is CC1Cc2c(CCN)c3c(c(O)c2O1)CC(C)O3. The van der Waals surface area contributed by atoms with Crippen LogP contribution in [-0.4, -0.2) is 23.9 Å². The first-order valence-corrected chi connectivity index (χ1v) is 6.54. The summed E-state index contributed by atoms with van der Waals surface area (Å²) in [6, 6.07) is 0. The van der Waals surface area contributed by atoms with Gasteiger partial charge < -0.3 is 20.3 Å². The molecule has 1 aromatic carbocycles. The molecule has 2 unspecified atom stereocenters. The summed E-state index contributed by atoms with van der Waals surface area (Å²) in [6.45, 7) is 4.61. The average Bonchev–Trinajstić information content (AvgIpc) is 2.88. The Morgan fingerprint density at radius 1 is 1.11 bits per heavy atom. The molecular formula is C14H19NO3. The Bertz CT molecular complexity index is 459. The van der Waals surface area contributed by atoms with Gasteiger partial charge in [-0.2, -0.15) is 0 Å². The summed E-state index contributed by atoms with van der Waals surface area (Å²) < 4.78 is 11.6. The average molecular weight is 249 g/mol. The molecule has 2 aliphatic heterocycles. The van der Waals surface area contributed by atoms with Crippen LogP contribution in [0.2, 0.25) is 0 Å². The van der Waals surface area contributed by atoms with E-state index in [1.807, 2.05) is 13.8 Å². The number of hydrogen-bond donors (Lipinski definition) is 2. The van der Waals surface area contributed by atoms with Gasteiger partial charge in [-0.25, -0.2) is 0 Å². The summed E-state index contributed by atoms with van der Waals surface area (Å²) in [5.74, 6) is 1.78. The van der Waals surface area contributed by atoms with E-state index >= 15 is 0 Å². The number of phenolic OH excluding ortho intramolecular Hbond substituents is 1. The summed E-state index contributed by atoms with van der Waals surface area (Å²) in [5.41, 5.74) is 8.80. The van der Waals surface area contributed by atoms with Gasteiger partial charge in [-0.3, -0.25) is 0 Å². The van der Waals surface area contributed by atoms with Crippen LogP contribution >= 0.6 is 0 Å². The molecule has 18 heavy (non-hydrogen) atoms. The quantitative estimate of drug-likeness (QED) is 0.834. The summed E-state index contributed by atoms with van der Waals surface area (Å²) >= 11 is 0. The van der Waals surface area contributed by atoms with Crippen LogP contribution < -0.4 is 15.2 Å². The van der Waals surface area contributed by atoms with Crippen molar-refractivity contribution in [2.45, 2.75) is 45.3 Å². The molecule has 4 heteroatoms. The van der Waals surface area contributed by atoms with Crippen LogP contribution in [0.15, 0.2) is 0 Å². The van der Waals surface area contributed by atoms with Gasteiger partial charge >= 0.3 is 0 Å². The Morgan fingerprint density at radius 2 is 1.72 bits per heavy atom. The lowest BCUT2D eigenvalue weighted by molar-refractivity contribution is 0.244. The number of hydrogen-bond acceptors (Lipinski definition) is 4. The zero-order valence-corrected chi connectivity index (χ0v) is 10.8. The minimum absolute atomic E-state index is 0.113. The first-order valence-electron chi connectivity index (χ1n) is 6.54. The molecule has 0 fully saturated rings. The highest BCUT2D eigenvalue weighted by molar-refractivity contribution is 5.65. The maximum Gasteiger partial charge on any atom is 0.165 e. The standard InChI is InChI=1S/C14H19NO3/c1-7-5-10-9(3-4-15)13-11(6-8(2)17-13)12(16)14(10)18-7/h7-8,16H,3-6,15H2,1-2H3. The number of phenols is 1. The van der Waals surface area contributed by atoms with Gasteiger partial charge in [-0.1, -0.05) is 0 Å². The van der Waals surface area contributed by atoms with Crippen LogP contribution in [0, 0.1) is 0 Å². The third-order valence-corrected chi connectivity index (χ3v) is 3.70. The Morgan fingerprint density at radius 3 is 2.39 bits per heavy atom. The molecule has 1 aromatic rings. The maximum absolute atomic E-state index is 10.3.